The highest BCUT2D eigenvalue weighted by molar-refractivity contribution is 5.39. The summed E-state index contributed by atoms with van der Waals surface area (Å²) in [5.41, 5.74) is 2.72. The minimum absolute atomic E-state index is 0.190. The molecule has 0 fully saturated rings. The van der Waals surface area contributed by atoms with Gasteiger partial charge in [0.1, 0.15) is 11.6 Å². The minimum Gasteiger partial charge on any atom is -0.314 e. The van der Waals surface area contributed by atoms with Crippen molar-refractivity contribution in [1.29, 1.82) is 5.26 Å². The highest BCUT2D eigenvalue weighted by atomic mass is 16.1. The summed E-state index contributed by atoms with van der Waals surface area (Å²) >= 11 is 0. The van der Waals surface area contributed by atoms with Gasteiger partial charge in [0, 0.05) is 18.7 Å². The fourth-order valence-corrected chi connectivity index (χ4v) is 2.53. The molecule has 1 aliphatic carbocycles. The number of aromatic nitrogens is 1. The van der Waals surface area contributed by atoms with Gasteiger partial charge in [-0.2, -0.15) is 5.26 Å². The van der Waals surface area contributed by atoms with Crippen molar-refractivity contribution in [2.24, 2.45) is 0 Å². The molecule has 0 bridgehead atoms. The lowest BCUT2D eigenvalue weighted by atomic mass is 9.77. The Balaban J connectivity index is 1.89. The maximum atomic E-state index is 11.9. The lowest BCUT2D eigenvalue weighted by Crippen LogP contribution is -2.29. The number of rotatable bonds is 2. The second-order valence-corrected chi connectivity index (χ2v) is 4.59. The smallest absolute Gasteiger partial charge is 0.268 e. The van der Waals surface area contributed by atoms with E-state index in [1.165, 1.54) is 11.1 Å². The summed E-state index contributed by atoms with van der Waals surface area (Å²) in [4.78, 5) is 11.9. The van der Waals surface area contributed by atoms with E-state index >= 15 is 0 Å². The first-order valence-corrected chi connectivity index (χ1v) is 5.97. The molecule has 0 amide bonds. The van der Waals surface area contributed by atoms with E-state index in [-0.39, 0.29) is 11.1 Å². The van der Waals surface area contributed by atoms with Crippen molar-refractivity contribution in [1.82, 2.24) is 4.57 Å². The Labute approximate surface area is 105 Å². The zero-order chi connectivity index (χ0) is 12.5. The average Bonchev–Trinajstić information content (AvgIpc) is 2.38. The van der Waals surface area contributed by atoms with Crippen molar-refractivity contribution in [2.45, 2.75) is 18.9 Å². The van der Waals surface area contributed by atoms with Gasteiger partial charge < -0.3 is 4.57 Å². The molecule has 1 aromatic carbocycles. The summed E-state index contributed by atoms with van der Waals surface area (Å²) in [5, 5.41) is 8.84. The molecule has 0 saturated carbocycles. The maximum Gasteiger partial charge on any atom is 0.268 e. The molecule has 1 heterocycles. The predicted octanol–water partition coefficient (Wildman–Crippen LogP) is 2.06. The van der Waals surface area contributed by atoms with Crippen LogP contribution in [0.15, 0.2) is 47.4 Å². The molecule has 3 heteroatoms. The standard InChI is InChI=1S/C15H12N2O/c16-9-12-5-3-7-17(15(12)18)10-13-8-11-4-1-2-6-14(11)13/h1-7,13H,8,10H2. The van der Waals surface area contributed by atoms with E-state index in [0.717, 1.165) is 6.42 Å². The van der Waals surface area contributed by atoms with E-state index in [2.05, 4.69) is 12.1 Å². The molecule has 0 N–H and O–H groups in total. The summed E-state index contributed by atoms with van der Waals surface area (Å²) in [6.07, 6.45) is 2.77. The Hall–Kier alpha value is -2.34. The molecule has 1 unspecified atom stereocenters. The molecule has 0 aliphatic heterocycles. The van der Waals surface area contributed by atoms with Gasteiger partial charge in [-0.05, 0) is 29.7 Å². The van der Waals surface area contributed by atoms with Gasteiger partial charge in [-0.1, -0.05) is 24.3 Å². The topological polar surface area (TPSA) is 45.8 Å². The van der Waals surface area contributed by atoms with Crippen LogP contribution < -0.4 is 5.56 Å². The predicted molar refractivity (Wildman–Crippen MR) is 68.3 cm³/mol. The largest absolute Gasteiger partial charge is 0.314 e. The number of hydrogen-bond donors (Lipinski definition) is 0. The number of fused-ring (bicyclic) bond motifs is 1. The van der Waals surface area contributed by atoms with E-state index < -0.39 is 0 Å². The molecule has 18 heavy (non-hydrogen) atoms. The van der Waals surface area contributed by atoms with Gasteiger partial charge in [-0.25, -0.2) is 0 Å². The molecule has 0 spiro atoms. The molecule has 0 saturated heterocycles. The lowest BCUT2D eigenvalue weighted by Gasteiger charge is -2.30. The summed E-state index contributed by atoms with van der Waals surface area (Å²) in [6, 6.07) is 13.6. The molecule has 1 atom stereocenters. The van der Waals surface area contributed by atoms with Gasteiger partial charge in [0.2, 0.25) is 0 Å². The van der Waals surface area contributed by atoms with Crippen molar-refractivity contribution >= 4 is 0 Å². The van der Waals surface area contributed by atoms with Crippen molar-refractivity contribution < 1.29 is 0 Å². The third-order valence-electron chi connectivity index (χ3n) is 3.52. The van der Waals surface area contributed by atoms with Crippen LogP contribution in [0.4, 0.5) is 0 Å². The first kappa shape index (κ1) is 10.8. The number of benzene rings is 1. The van der Waals surface area contributed by atoms with Crippen molar-refractivity contribution in [3.05, 3.63) is 69.6 Å². The van der Waals surface area contributed by atoms with E-state index in [9.17, 15) is 4.79 Å². The number of nitrogens with zero attached hydrogens (tertiary/aromatic N) is 2. The second-order valence-electron chi connectivity index (χ2n) is 4.59. The van der Waals surface area contributed by atoms with Gasteiger partial charge in [-0.3, -0.25) is 4.79 Å². The third-order valence-corrected chi connectivity index (χ3v) is 3.52. The van der Waals surface area contributed by atoms with Crippen LogP contribution in [0.1, 0.15) is 22.6 Å². The van der Waals surface area contributed by atoms with E-state index in [0.29, 0.717) is 12.5 Å². The molecule has 3 nitrogen and oxygen atoms in total. The number of pyridine rings is 1. The van der Waals surface area contributed by atoms with Crippen molar-refractivity contribution in [3.63, 3.8) is 0 Å². The first-order valence-electron chi connectivity index (χ1n) is 5.97. The fourth-order valence-electron chi connectivity index (χ4n) is 2.53. The van der Waals surface area contributed by atoms with Crippen LogP contribution in [-0.2, 0) is 13.0 Å². The molecule has 1 aromatic heterocycles. The van der Waals surface area contributed by atoms with E-state index in [1.54, 1.807) is 22.9 Å². The molecule has 2 aromatic rings. The van der Waals surface area contributed by atoms with Crippen LogP contribution in [0.3, 0.4) is 0 Å². The van der Waals surface area contributed by atoms with Gasteiger partial charge in [0.25, 0.3) is 5.56 Å². The van der Waals surface area contributed by atoms with Crippen molar-refractivity contribution in [3.8, 4) is 6.07 Å². The van der Waals surface area contributed by atoms with E-state index in [4.69, 9.17) is 5.26 Å². The van der Waals surface area contributed by atoms with Crippen LogP contribution >= 0.6 is 0 Å². The van der Waals surface area contributed by atoms with Gasteiger partial charge in [0.05, 0.1) is 0 Å². The van der Waals surface area contributed by atoms with Gasteiger partial charge in [-0.15, -0.1) is 0 Å². The van der Waals surface area contributed by atoms with Crippen molar-refractivity contribution in [2.75, 3.05) is 0 Å². The normalized spacial score (nSPS) is 16.5. The molecular weight excluding hydrogens is 224 g/mol. The Kier molecular flexibility index (Phi) is 2.49. The Bertz CT molecular complexity index is 694. The zero-order valence-corrected chi connectivity index (χ0v) is 9.84. The Morgan fingerprint density at radius 1 is 1.28 bits per heavy atom. The molecular formula is C15H12N2O. The molecule has 0 radical (unpaired) electrons. The molecule has 1 aliphatic rings. The minimum atomic E-state index is -0.190. The number of hydrogen-bond acceptors (Lipinski definition) is 2. The fraction of sp³-hybridized carbons (Fsp3) is 0.200. The Morgan fingerprint density at radius 2 is 2.11 bits per heavy atom. The summed E-state index contributed by atoms with van der Waals surface area (Å²) < 4.78 is 1.64. The van der Waals surface area contributed by atoms with E-state index in [1.807, 2.05) is 18.2 Å². The molecule has 88 valence electrons. The van der Waals surface area contributed by atoms with Crippen LogP contribution in [0, 0.1) is 11.3 Å². The van der Waals surface area contributed by atoms with Crippen LogP contribution in [0.25, 0.3) is 0 Å². The lowest BCUT2D eigenvalue weighted by molar-refractivity contribution is 0.498. The molecule has 3 rings (SSSR count). The van der Waals surface area contributed by atoms with Crippen LogP contribution in [-0.4, -0.2) is 4.57 Å². The Morgan fingerprint density at radius 3 is 2.89 bits per heavy atom. The summed E-state index contributed by atoms with van der Waals surface area (Å²) in [5.74, 6) is 0.396. The quantitative estimate of drug-likeness (QED) is 0.801. The third kappa shape index (κ3) is 1.63. The number of nitriles is 1. The monoisotopic (exact) mass is 236 g/mol. The average molecular weight is 236 g/mol. The summed E-state index contributed by atoms with van der Waals surface area (Å²) in [6.45, 7) is 0.658. The van der Waals surface area contributed by atoms with Crippen LogP contribution in [0.5, 0.6) is 0 Å². The van der Waals surface area contributed by atoms with Crippen LogP contribution in [0.2, 0.25) is 0 Å². The maximum absolute atomic E-state index is 11.9. The van der Waals surface area contributed by atoms with Gasteiger partial charge >= 0.3 is 0 Å². The zero-order valence-electron chi connectivity index (χ0n) is 9.84. The summed E-state index contributed by atoms with van der Waals surface area (Å²) in [7, 11) is 0. The first-order chi connectivity index (χ1) is 8.79. The second kappa shape index (κ2) is 4.15. The van der Waals surface area contributed by atoms with Gasteiger partial charge in [0.15, 0.2) is 0 Å². The SMILES string of the molecule is N#Cc1cccn(CC2Cc3ccccc32)c1=O. The highest BCUT2D eigenvalue weighted by Gasteiger charge is 2.25. The highest BCUT2D eigenvalue weighted by Crippen LogP contribution is 2.35.